The molecule has 1 aliphatic rings. The van der Waals surface area contributed by atoms with E-state index in [-0.39, 0.29) is 0 Å². The van der Waals surface area contributed by atoms with Gasteiger partial charge in [-0.15, -0.1) is 0 Å². The van der Waals surface area contributed by atoms with Gasteiger partial charge in [0.15, 0.2) is 0 Å². The maximum atomic E-state index is 6.03. The first kappa shape index (κ1) is 9.66. The van der Waals surface area contributed by atoms with E-state index in [0.29, 0.717) is 6.04 Å². The molecule has 1 aromatic rings. The summed E-state index contributed by atoms with van der Waals surface area (Å²) in [5.74, 6) is 0.746. The Morgan fingerprint density at radius 2 is 2.36 bits per heavy atom. The van der Waals surface area contributed by atoms with Crippen LogP contribution in [0.15, 0.2) is 24.5 Å². The predicted octanol–water partition coefficient (Wildman–Crippen LogP) is 2.14. The number of aryl methyl sites for hydroxylation is 1. The minimum atomic E-state index is 0.451. The van der Waals surface area contributed by atoms with Gasteiger partial charge in [0.25, 0.3) is 0 Å². The second-order valence-corrected chi connectivity index (χ2v) is 4.25. The topological polar surface area (TPSA) is 38.9 Å². The zero-order valence-corrected chi connectivity index (χ0v) is 8.52. The highest BCUT2D eigenvalue weighted by atomic mass is 14.7. The van der Waals surface area contributed by atoms with E-state index in [9.17, 15) is 0 Å². The van der Waals surface area contributed by atoms with Crippen LogP contribution in [0.4, 0.5) is 0 Å². The first-order valence-corrected chi connectivity index (χ1v) is 5.51. The molecule has 0 aliphatic heterocycles. The summed E-state index contributed by atoms with van der Waals surface area (Å²) in [6, 6.07) is 4.60. The monoisotopic (exact) mass is 190 g/mol. The molecule has 1 saturated carbocycles. The maximum absolute atomic E-state index is 6.03. The van der Waals surface area contributed by atoms with Crippen molar-refractivity contribution < 1.29 is 0 Å². The lowest BCUT2D eigenvalue weighted by Gasteiger charge is -2.14. The van der Waals surface area contributed by atoms with Gasteiger partial charge in [0.1, 0.15) is 0 Å². The Balaban J connectivity index is 1.82. The van der Waals surface area contributed by atoms with E-state index in [0.717, 1.165) is 12.3 Å². The van der Waals surface area contributed by atoms with E-state index in [2.05, 4.69) is 11.1 Å². The van der Waals surface area contributed by atoms with Gasteiger partial charge in [-0.2, -0.15) is 0 Å². The lowest BCUT2D eigenvalue weighted by Crippen LogP contribution is -2.24. The average Bonchev–Trinajstić information content (AvgIpc) is 2.63. The molecule has 2 heteroatoms. The van der Waals surface area contributed by atoms with Crippen molar-refractivity contribution in [1.29, 1.82) is 0 Å². The third kappa shape index (κ3) is 2.32. The minimum absolute atomic E-state index is 0.451. The van der Waals surface area contributed by atoms with E-state index in [4.69, 9.17) is 5.73 Å². The number of aromatic nitrogens is 1. The van der Waals surface area contributed by atoms with Gasteiger partial charge in [-0.3, -0.25) is 4.98 Å². The van der Waals surface area contributed by atoms with Crippen LogP contribution in [-0.4, -0.2) is 11.0 Å². The highest BCUT2D eigenvalue weighted by Crippen LogP contribution is 2.27. The molecular weight excluding hydrogens is 172 g/mol. The van der Waals surface area contributed by atoms with Gasteiger partial charge in [0.05, 0.1) is 0 Å². The van der Waals surface area contributed by atoms with Gasteiger partial charge in [-0.25, -0.2) is 0 Å². The first-order valence-electron chi connectivity index (χ1n) is 5.51. The first-order chi connectivity index (χ1) is 6.86. The van der Waals surface area contributed by atoms with Crippen molar-refractivity contribution in [1.82, 2.24) is 4.98 Å². The highest BCUT2D eigenvalue weighted by Gasteiger charge is 2.23. The summed E-state index contributed by atoms with van der Waals surface area (Å²) in [5.41, 5.74) is 7.37. The van der Waals surface area contributed by atoms with E-state index in [1.807, 2.05) is 18.5 Å². The van der Waals surface area contributed by atoms with E-state index in [1.54, 1.807) is 0 Å². The molecule has 0 spiro atoms. The molecule has 0 aromatic carbocycles. The van der Waals surface area contributed by atoms with Crippen molar-refractivity contribution in [3.8, 4) is 0 Å². The highest BCUT2D eigenvalue weighted by molar-refractivity contribution is 5.08. The molecule has 2 rings (SSSR count). The smallest absolute Gasteiger partial charge is 0.0299 e. The van der Waals surface area contributed by atoms with Crippen molar-refractivity contribution in [3.63, 3.8) is 0 Å². The van der Waals surface area contributed by atoms with Crippen LogP contribution in [-0.2, 0) is 6.42 Å². The van der Waals surface area contributed by atoms with Crippen molar-refractivity contribution in [2.24, 2.45) is 11.7 Å². The Labute approximate surface area is 85.5 Å². The van der Waals surface area contributed by atoms with Crippen LogP contribution in [0, 0.1) is 5.92 Å². The molecule has 2 nitrogen and oxygen atoms in total. The van der Waals surface area contributed by atoms with E-state index < -0.39 is 0 Å². The van der Waals surface area contributed by atoms with Gasteiger partial charge in [-0.05, 0) is 43.2 Å². The van der Waals surface area contributed by atoms with E-state index in [1.165, 1.54) is 31.2 Å². The molecule has 1 aliphatic carbocycles. The molecule has 14 heavy (non-hydrogen) atoms. The summed E-state index contributed by atoms with van der Waals surface area (Å²) in [6.45, 7) is 0. The summed E-state index contributed by atoms with van der Waals surface area (Å²) >= 11 is 0. The Kier molecular flexibility index (Phi) is 3.14. The summed E-state index contributed by atoms with van der Waals surface area (Å²) in [7, 11) is 0. The van der Waals surface area contributed by atoms with Crippen LogP contribution in [0.2, 0.25) is 0 Å². The fourth-order valence-electron chi connectivity index (χ4n) is 2.32. The number of rotatable bonds is 3. The summed E-state index contributed by atoms with van der Waals surface area (Å²) in [6.07, 6.45) is 10.0. The van der Waals surface area contributed by atoms with Crippen LogP contribution in [0.3, 0.4) is 0 Å². The summed E-state index contributed by atoms with van der Waals surface area (Å²) in [5, 5.41) is 0. The molecule has 0 amide bonds. The van der Waals surface area contributed by atoms with Crippen LogP contribution < -0.4 is 5.73 Å². The molecule has 76 valence electrons. The van der Waals surface area contributed by atoms with Crippen molar-refractivity contribution in [2.75, 3.05) is 0 Å². The van der Waals surface area contributed by atoms with Crippen molar-refractivity contribution in [2.45, 2.75) is 38.1 Å². The SMILES string of the molecule is NC1CCCC1CCc1cccnc1. The number of nitrogens with zero attached hydrogens (tertiary/aromatic N) is 1. The van der Waals surface area contributed by atoms with Crippen molar-refractivity contribution >= 4 is 0 Å². The normalized spacial score (nSPS) is 26.6. The largest absolute Gasteiger partial charge is 0.327 e. The molecule has 2 N–H and O–H groups in total. The third-order valence-corrected chi connectivity index (χ3v) is 3.24. The second kappa shape index (κ2) is 4.56. The molecule has 2 atom stereocenters. The van der Waals surface area contributed by atoms with Crippen molar-refractivity contribution in [3.05, 3.63) is 30.1 Å². The number of hydrogen-bond donors (Lipinski definition) is 1. The molecule has 0 radical (unpaired) electrons. The number of nitrogens with two attached hydrogens (primary N) is 1. The number of pyridine rings is 1. The summed E-state index contributed by atoms with van der Waals surface area (Å²) < 4.78 is 0. The fourth-order valence-corrected chi connectivity index (χ4v) is 2.32. The molecule has 1 fully saturated rings. The lowest BCUT2D eigenvalue weighted by atomic mass is 9.96. The zero-order valence-electron chi connectivity index (χ0n) is 8.52. The van der Waals surface area contributed by atoms with Gasteiger partial charge >= 0.3 is 0 Å². The van der Waals surface area contributed by atoms with Crippen LogP contribution >= 0.6 is 0 Å². The number of hydrogen-bond acceptors (Lipinski definition) is 2. The standard InChI is InChI=1S/C12H18N2/c13-12-5-1-4-11(12)7-6-10-3-2-8-14-9-10/h2-3,8-9,11-12H,1,4-7,13H2. The molecule has 1 heterocycles. The van der Waals surface area contributed by atoms with E-state index >= 15 is 0 Å². The van der Waals surface area contributed by atoms with Gasteiger partial charge in [0.2, 0.25) is 0 Å². The fraction of sp³-hybridized carbons (Fsp3) is 0.583. The quantitative estimate of drug-likeness (QED) is 0.793. The minimum Gasteiger partial charge on any atom is -0.327 e. The Morgan fingerprint density at radius 3 is 3.00 bits per heavy atom. The van der Waals surface area contributed by atoms with Crippen LogP contribution in [0.1, 0.15) is 31.2 Å². The lowest BCUT2D eigenvalue weighted by molar-refractivity contribution is 0.447. The average molecular weight is 190 g/mol. The summed E-state index contributed by atoms with van der Waals surface area (Å²) in [4.78, 5) is 4.12. The molecule has 1 aromatic heterocycles. The molecule has 2 unspecified atom stereocenters. The molecule has 0 saturated heterocycles. The van der Waals surface area contributed by atoms with Gasteiger partial charge in [0, 0.05) is 18.4 Å². The Hall–Kier alpha value is -0.890. The van der Waals surface area contributed by atoms with Gasteiger partial charge < -0.3 is 5.73 Å². The third-order valence-electron chi connectivity index (χ3n) is 3.24. The van der Waals surface area contributed by atoms with Gasteiger partial charge in [-0.1, -0.05) is 12.5 Å². The maximum Gasteiger partial charge on any atom is 0.0299 e. The molecule has 0 bridgehead atoms. The molecular formula is C12H18N2. The Morgan fingerprint density at radius 1 is 1.43 bits per heavy atom. The van der Waals surface area contributed by atoms with Crippen LogP contribution in [0.5, 0.6) is 0 Å². The zero-order chi connectivity index (χ0) is 9.80. The van der Waals surface area contributed by atoms with Crippen LogP contribution in [0.25, 0.3) is 0 Å². The Bertz CT molecular complexity index is 271. The predicted molar refractivity (Wildman–Crippen MR) is 57.9 cm³/mol. The second-order valence-electron chi connectivity index (χ2n) is 4.25.